The molecule has 5 nitrogen and oxygen atoms in total. The van der Waals surface area contributed by atoms with Crippen LogP contribution in [0.5, 0.6) is 0 Å². The molecule has 2 saturated heterocycles. The van der Waals surface area contributed by atoms with Crippen LogP contribution in [-0.2, 0) is 14.3 Å². The molecule has 0 aromatic rings. The average molecular weight is 282 g/mol. The SMILES string of the molecule is COC(=O)C1CN(CC(=O)N2CCCCCC2)CC1C. The van der Waals surface area contributed by atoms with Gasteiger partial charge in [0.25, 0.3) is 0 Å². The number of hydrogen-bond donors (Lipinski definition) is 0. The molecule has 5 heteroatoms. The molecule has 0 bridgehead atoms. The first-order chi connectivity index (χ1) is 9.61. The monoisotopic (exact) mass is 282 g/mol. The highest BCUT2D eigenvalue weighted by Crippen LogP contribution is 2.24. The molecule has 0 saturated carbocycles. The highest BCUT2D eigenvalue weighted by atomic mass is 16.5. The number of methoxy groups -OCH3 is 1. The second-order valence-corrected chi connectivity index (χ2v) is 6.10. The first-order valence-electron chi connectivity index (χ1n) is 7.69. The fraction of sp³-hybridized carbons (Fsp3) is 0.867. The molecule has 2 rings (SSSR count). The van der Waals surface area contributed by atoms with Crippen molar-refractivity contribution < 1.29 is 14.3 Å². The minimum absolute atomic E-state index is 0.0862. The molecule has 0 aliphatic carbocycles. The Labute approximate surface area is 121 Å². The highest BCUT2D eigenvalue weighted by Gasteiger charge is 2.36. The van der Waals surface area contributed by atoms with E-state index in [9.17, 15) is 9.59 Å². The van der Waals surface area contributed by atoms with Crippen LogP contribution in [0.1, 0.15) is 32.6 Å². The number of esters is 1. The molecular formula is C15H26N2O3. The standard InChI is InChI=1S/C15H26N2O3/c1-12-9-16(10-13(12)15(19)20-2)11-14(18)17-7-5-3-4-6-8-17/h12-13H,3-11H2,1-2H3. The number of ether oxygens (including phenoxy) is 1. The Hall–Kier alpha value is -1.10. The lowest BCUT2D eigenvalue weighted by Crippen LogP contribution is -2.40. The Bertz CT molecular complexity index is 351. The molecule has 1 amide bonds. The van der Waals surface area contributed by atoms with E-state index in [1.54, 1.807) is 0 Å². The van der Waals surface area contributed by atoms with Crippen molar-refractivity contribution in [3.8, 4) is 0 Å². The van der Waals surface area contributed by atoms with Crippen LogP contribution in [0.25, 0.3) is 0 Å². The maximum absolute atomic E-state index is 12.3. The summed E-state index contributed by atoms with van der Waals surface area (Å²) in [5.74, 6) is 0.239. The summed E-state index contributed by atoms with van der Waals surface area (Å²) in [4.78, 5) is 28.1. The van der Waals surface area contributed by atoms with E-state index in [1.807, 2.05) is 4.90 Å². The summed E-state index contributed by atoms with van der Waals surface area (Å²) in [7, 11) is 1.43. The molecular weight excluding hydrogens is 256 g/mol. The van der Waals surface area contributed by atoms with Gasteiger partial charge in [0.2, 0.25) is 5.91 Å². The number of amides is 1. The maximum Gasteiger partial charge on any atom is 0.310 e. The molecule has 2 atom stereocenters. The van der Waals surface area contributed by atoms with Crippen LogP contribution in [0.2, 0.25) is 0 Å². The van der Waals surface area contributed by atoms with Crippen LogP contribution in [0.15, 0.2) is 0 Å². The van der Waals surface area contributed by atoms with Crippen molar-refractivity contribution in [3.63, 3.8) is 0 Å². The van der Waals surface area contributed by atoms with Crippen LogP contribution in [0, 0.1) is 11.8 Å². The largest absolute Gasteiger partial charge is 0.469 e. The molecule has 2 aliphatic heterocycles. The minimum atomic E-state index is -0.151. The second kappa shape index (κ2) is 7.07. The third kappa shape index (κ3) is 3.72. The van der Waals surface area contributed by atoms with E-state index in [1.165, 1.54) is 20.0 Å². The lowest BCUT2D eigenvalue weighted by molar-refractivity contribution is -0.146. The van der Waals surface area contributed by atoms with Crippen molar-refractivity contribution >= 4 is 11.9 Å². The van der Waals surface area contributed by atoms with E-state index < -0.39 is 0 Å². The summed E-state index contributed by atoms with van der Waals surface area (Å²) < 4.78 is 4.83. The van der Waals surface area contributed by atoms with Gasteiger partial charge < -0.3 is 9.64 Å². The predicted molar refractivity (Wildman–Crippen MR) is 76.2 cm³/mol. The molecule has 2 fully saturated rings. The zero-order valence-electron chi connectivity index (χ0n) is 12.6. The Morgan fingerprint density at radius 1 is 1.10 bits per heavy atom. The van der Waals surface area contributed by atoms with Gasteiger partial charge in [0, 0.05) is 26.2 Å². The topological polar surface area (TPSA) is 49.9 Å². The number of carbonyl (C=O) groups is 2. The van der Waals surface area contributed by atoms with E-state index >= 15 is 0 Å². The zero-order chi connectivity index (χ0) is 14.5. The van der Waals surface area contributed by atoms with Crippen LogP contribution in [-0.4, -0.2) is 61.5 Å². The van der Waals surface area contributed by atoms with Crippen molar-refractivity contribution in [3.05, 3.63) is 0 Å². The Morgan fingerprint density at radius 2 is 1.75 bits per heavy atom. The smallest absolute Gasteiger partial charge is 0.310 e. The summed E-state index contributed by atoms with van der Waals surface area (Å²) in [6.07, 6.45) is 4.70. The Kier molecular flexibility index (Phi) is 5.40. The number of hydrogen-bond acceptors (Lipinski definition) is 4. The van der Waals surface area contributed by atoms with Crippen molar-refractivity contribution in [1.82, 2.24) is 9.80 Å². The van der Waals surface area contributed by atoms with Gasteiger partial charge >= 0.3 is 5.97 Å². The molecule has 0 radical (unpaired) electrons. The van der Waals surface area contributed by atoms with Gasteiger partial charge in [0.05, 0.1) is 19.6 Å². The molecule has 2 heterocycles. The Balaban J connectivity index is 1.84. The van der Waals surface area contributed by atoms with E-state index in [4.69, 9.17) is 4.74 Å². The Morgan fingerprint density at radius 3 is 2.35 bits per heavy atom. The number of nitrogens with zero attached hydrogens (tertiary/aromatic N) is 2. The zero-order valence-corrected chi connectivity index (χ0v) is 12.6. The summed E-state index contributed by atoms with van der Waals surface area (Å²) in [5.41, 5.74) is 0. The summed E-state index contributed by atoms with van der Waals surface area (Å²) in [6.45, 7) is 5.73. The fourth-order valence-electron chi connectivity index (χ4n) is 3.27. The third-order valence-electron chi connectivity index (χ3n) is 4.51. The van der Waals surface area contributed by atoms with Gasteiger partial charge in [-0.3, -0.25) is 14.5 Å². The van der Waals surface area contributed by atoms with Gasteiger partial charge in [-0.2, -0.15) is 0 Å². The normalized spacial score (nSPS) is 28.2. The van der Waals surface area contributed by atoms with E-state index in [-0.39, 0.29) is 23.7 Å². The van der Waals surface area contributed by atoms with Crippen LogP contribution < -0.4 is 0 Å². The van der Waals surface area contributed by atoms with E-state index in [2.05, 4.69) is 11.8 Å². The van der Waals surface area contributed by atoms with Gasteiger partial charge in [-0.25, -0.2) is 0 Å². The summed E-state index contributed by atoms with van der Waals surface area (Å²) in [6, 6.07) is 0. The van der Waals surface area contributed by atoms with Gasteiger partial charge in [0.1, 0.15) is 0 Å². The number of carbonyl (C=O) groups excluding carboxylic acids is 2. The number of likely N-dealkylation sites (tertiary alicyclic amines) is 2. The summed E-state index contributed by atoms with van der Waals surface area (Å²) >= 11 is 0. The van der Waals surface area contributed by atoms with Crippen molar-refractivity contribution in [2.75, 3.05) is 39.8 Å². The van der Waals surface area contributed by atoms with Gasteiger partial charge in [-0.15, -0.1) is 0 Å². The molecule has 20 heavy (non-hydrogen) atoms. The molecule has 114 valence electrons. The van der Waals surface area contributed by atoms with Gasteiger partial charge in [-0.05, 0) is 18.8 Å². The second-order valence-electron chi connectivity index (χ2n) is 6.10. The summed E-state index contributed by atoms with van der Waals surface area (Å²) in [5, 5.41) is 0. The average Bonchev–Trinajstić information content (AvgIpc) is 2.67. The van der Waals surface area contributed by atoms with E-state index in [0.29, 0.717) is 13.1 Å². The van der Waals surface area contributed by atoms with Crippen molar-refractivity contribution in [2.24, 2.45) is 11.8 Å². The predicted octanol–water partition coefficient (Wildman–Crippen LogP) is 1.13. The van der Waals surface area contributed by atoms with E-state index in [0.717, 1.165) is 32.5 Å². The fourth-order valence-corrected chi connectivity index (χ4v) is 3.27. The molecule has 0 N–H and O–H groups in total. The lowest BCUT2D eigenvalue weighted by atomic mass is 9.99. The molecule has 0 aromatic heterocycles. The molecule has 2 aliphatic rings. The first-order valence-corrected chi connectivity index (χ1v) is 7.69. The van der Waals surface area contributed by atoms with Gasteiger partial charge in [-0.1, -0.05) is 19.8 Å². The van der Waals surface area contributed by atoms with Crippen molar-refractivity contribution in [1.29, 1.82) is 0 Å². The van der Waals surface area contributed by atoms with Crippen LogP contribution in [0.3, 0.4) is 0 Å². The molecule has 2 unspecified atom stereocenters. The third-order valence-corrected chi connectivity index (χ3v) is 4.51. The highest BCUT2D eigenvalue weighted by molar-refractivity contribution is 5.79. The quantitative estimate of drug-likeness (QED) is 0.728. The maximum atomic E-state index is 12.3. The first kappa shape index (κ1) is 15.3. The molecule has 0 spiro atoms. The lowest BCUT2D eigenvalue weighted by Gasteiger charge is -2.23. The number of rotatable bonds is 3. The van der Waals surface area contributed by atoms with Gasteiger partial charge in [0.15, 0.2) is 0 Å². The molecule has 0 aromatic carbocycles. The van der Waals surface area contributed by atoms with Crippen molar-refractivity contribution in [2.45, 2.75) is 32.6 Å². The van der Waals surface area contributed by atoms with Crippen LogP contribution in [0.4, 0.5) is 0 Å². The van der Waals surface area contributed by atoms with Crippen LogP contribution >= 0.6 is 0 Å². The minimum Gasteiger partial charge on any atom is -0.469 e.